The molecule has 1 saturated heterocycles. The number of nitrogens with two attached hydrogens (primary N) is 1. The molecular weight excluding hydrogens is 234 g/mol. The van der Waals surface area contributed by atoms with E-state index in [4.69, 9.17) is 5.73 Å². The summed E-state index contributed by atoms with van der Waals surface area (Å²) in [6.07, 6.45) is 2.34. The van der Waals surface area contributed by atoms with Gasteiger partial charge in [0.2, 0.25) is 0 Å². The molecule has 0 aliphatic carbocycles. The summed E-state index contributed by atoms with van der Waals surface area (Å²) in [4.78, 5) is 4.91. The van der Waals surface area contributed by atoms with Crippen LogP contribution in [-0.4, -0.2) is 49.6 Å². The highest BCUT2D eigenvalue weighted by atomic mass is 15.2. The van der Waals surface area contributed by atoms with Gasteiger partial charge in [0.1, 0.15) is 0 Å². The number of hydrogen-bond donors (Lipinski definition) is 1. The van der Waals surface area contributed by atoms with Gasteiger partial charge in [0.05, 0.1) is 0 Å². The van der Waals surface area contributed by atoms with Gasteiger partial charge in [-0.25, -0.2) is 0 Å². The van der Waals surface area contributed by atoms with Gasteiger partial charge in [-0.15, -0.1) is 0 Å². The third-order valence-electron chi connectivity index (χ3n) is 4.08. The summed E-state index contributed by atoms with van der Waals surface area (Å²) in [5.41, 5.74) is 8.99. The molecule has 1 heterocycles. The molecule has 0 spiro atoms. The van der Waals surface area contributed by atoms with Crippen molar-refractivity contribution in [3.63, 3.8) is 0 Å². The van der Waals surface area contributed by atoms with E-state index in [9.17, 15) is 0 Å². The fourth-order valence-electron chi connectivity index (χ4n) is 2.67. The normalized spacial score (nSPS) is 20.2. The number of nitrogens with zero attached hydrogens (tertiary/aromatic N) is 2. The lowest BCUT2D eigenvalue weighted by molar-refractivity contribution is 0.262. The minimum absolute atomic E-state index is 0.134. The molecule has 0 saturated carbocycles. The Morgan fingerprint density at radius 2 is 1.84 bits per heavy atom. The van der Waals surface area contributed by atoms with Crippen molar-refractivity contribution in [3.8, 4) is 0 Å². The summed E-state index contributed by atoms with van der Waals surface area (Å²) in [7, 11) is 2.20. The van der Waals surface area contributed by atoms with Gasteiger partial charge in [0, 0.05) is 25.7 Å². The Labute approximate surface area is 117 Å². The maximum Gasteiger partial charge on any atom is 0.0424 e. The minimum Gasteiger partial charge on any atom is -0.323 e. The van der Waals surface area contributed by atoms with Crippen LogP contribution >= 0.6 is 0 Å². The molecule has 1 aliphatic heterocycles. The van der Waals surface area contributed by atoms with Crippen LogP contribution in [0.3, 0.4) is 0 Å². The van der Waals surface area contributed by atoms with Crippen LogP contribution in [0.5, 0.6) is 0 Å². The second-order valence-corrected chi connectivity index (χ2v) is 5.66. The molecule has 0 amide bonds. The Bertz CT molecular complexity index is 374. The Hall–Kier alpha value is -0.900. The van der Waals surface area contributed by atoms with E-state index < -0.39 is 0 Å². The molecule has 1 aromatic carbocycles. The molecular formula is C16H27N3. The highest BCUT2D eigenvalue weighted by Gasteiger charge is 2.15. The second-order valence-electron chi connectivity index (χ2n) is 5.66. The lowest BCUT2D eigenvalue weighted by atomic mass is 10.0. The first-order valence-corrected chi connectivity index (χ1v) is 7.44. The van der Waals surface area contributed by atoms with Gasteiger partial charge in [-0.1, -0.05) is 31.2 Å². The van der Waals surface area contributed by atoms with Gasteiger partial charge in [-0.2, -0.15) is 0 Å². The van der Waals surface area contributed by atoms with E-state index in [-0.39, 0.29) is 6.04 Å². The molecule has 2 rings (SSSR count). The van der Waals surface area contributed by atoms with E-state index in [1.54, 1.807) is 0 Å². The van der Waals surface area contributed by atoms with E-state index in [1.807, 2.05) is 0 Å². The Kier molecular flexibility index (Phi) is 5.37. The smallest absolute Gasteiger partial charge is 0.0424 e. The van der Waals surface area contributed by atoms with Crippen LogP contribution in [0.4, 0.5) is 0 Å². The van der Waals surface area contributed by atoms with Crippen molar-refractivity contribution in [2.75, 3.05) is 39.8 Å². The van der Waals surface area contributed by atoms with E-state index in [0.717, 1.165) is 26.1 Å². The van der Waals surface area contributed by atoms with Gasteiger partial charge in [0.25, 0.3) is 0 Å². The molecule has 0 bridgehead atoms. The average molecular weight is 261 g/mol. The number of aryl methyl sites for hydroxylation is 1. The van der Waals surface area contributed by atoms with Gasteiger partial charge in [0.15, 0.2) is 0 Å². The van der Waals surface area contributed by atoms with Crippen LogP contribution in [0.25, 0.3) is 0 Å². The molecule has 1 aromatic rings. The van der Waals surface area contributed by atoms with Crippen LogP contribution < -0.4 is 5.73 Å². The fraction of sp³-hybridized carbons (Fsp3) is 0.625. The zero-order valence-electron chi connectivity index (χ0n) is 12.3. The van der Waals surface area contributed by atoms with Crippen LogP contribution in [0.1, 0.15) is 30.5 Å². The minimum atomic E-state index is 0.134. The predicted molar refractivity (Wildman–Crippen MR) is 81.3 cm³/mol. The maximum absolute atomic E-state index is 6.35. The lowest BCUT2D eigenvalue weighted by Crippen LogP contribution is -2.35. The summed E-state index contributed by atoms with van der Waals surface area (Å²) in [5.74, 6) is 0. The predicted octanol–water partition coefficient (Wildman–Crippen LogP) is 1.89. The van der Waals surface area contributed by atoms with Crippen LogP contribution in [0.15, 0.2) is 24.3 Å². The summed E-state index contributed by atoms with van der Waals surface area (Å²) in [6, 6.07) is 8.91. The summed E-state index contributed by atoms with van der Waals surface area (Å²) in [6.45, 7) is 7.82. The molecule has 2 N–H and O–H groups in total. The average Bonchev–Trinajstić information content (AvgIpc) is 2.64. The summed E-state index contributed by atoms with van der Waals surface area (Å²) in [5, 5.41) is 0. The van der Waals surface area contributed by atoms with Crippen molar-refractivity contribution in [3.05, 3.63) is 35.4 Å². The zero-order valence-corrected chi connectivity index (χ0v) is 12.3. The quantitative estimate of drug-likeness (QED) is 0.898. The highest BCUT2D eigenvalue weighted by molar-refractivity contribution is 5.25. The van der Waals surface area contributed by atoms with Crippen LogP contribution in [0, 0.1) is 0 Å². The van der Waals surface area contributed by atoms with Crippen molar-refractivity contribution in [2.45, 2.75) is 25.8 Å². The second kappa shape index (κ2) is 7.04. The maximum atomic E-state index is 6.35. The largest absolute Gasteiger partial charge is 0.323 e. The molecule has 1 aliphatic rings. The van der Waals surface area contributed by atoms with Crippen molar-refractivity contribution >= 4 is 0 Å². The Morgan fingerprint density at radius 3 is 2.53 bits per heavy atom. The molecule has 3 nitrogen and oxygen atoms in total. The summed E-state index contributed by atoms with van der Waals surface area (Å²) < 4.78 is 0. The third-order valence-corrected chi connectivity index (χ3v) is 4.08. The molecule has 19 heavy (non-hydrogen) atoms. The van der Waals surface area contributed by atoms with E-state index in [2.05, 4.69) is 48.0 Å². The van der Waals surface area contributed by atoms with Crippen molar-refractivity contribution in [1.29, 1.82) is 0 Å². The number of benzene rings is 1. The highest BCUT2D eigenvalue weighted by Crippen LogP contribution is 2.14. The first-order valence-electron chi connectivity index (χ1n) is 7.44. The van der Waals surface area contributed by atoms with E-state index in [0.29, 0.717) is 0 Å². The molecule has 1 unspecified atom stereocenters. The lowest BCUT2D eigenvalue weighted by Gasteiger charge is -2.24. The number of likely N-dealkylation sites (N-methyl/N-ethyl adjacent to an activating group) is 1. The van der Waals surface area contributed by atoms with Crippen molar-refractivity contribution < 1.29 is 0 Å². The molecule has 106 valence electrons. The Morgan fingerprint density at radius 1 is 1.11 bits per heavy atom. The first-order chi connectivity index (χ1) is 9.19. The molecule has 3 heteroatoms. The fourth-order valence-corrected chi connectivity index (χ4v) is 2.67. The topological polar surface area (TPSA) is 32.5 Å². The monoisotopic (exact) mass is 261 g/mol. The molecule has 1 atom stereocenters. The van der Waals surface area contributed by atoms with Gasteiger partial charge in [-0.3, -0.25) is 0 Å². The first kappa shape index (κ1) is 14.5. The molecule has 1 fully saturated rings. The van der Waals surface area contributed by atoms with Gasteiger partial charge >= 0.3 is 0 Å². The molecule has 0 radical (unpaired) electrons. The Balaban J connectivity index is 1.90. The van der Waals surface area contributed by atoms with Crippen LogP contribution in [0.2, 0.25) is 0 Å². The SMILES string of the molecule is CCc1ccc(C(N)CN2CCCN(C)CC2)cc1. The van der Waals surface area contributed by atoms with Crippen molar-refractivity contribution in [2.24, 2.45) is 5.73 Å². The van der Waals surface area contributed by atoms with Gasteiger partial charge < -0.3 is 15.5 Å². The standard InChI is InChI=1S/C16H27N3/c1-3-14-5-7-15(8-6-14)16(17)13-19-10-4-9-18(2)11-12-19/h5-8,16H,3-4,9-13,17H2,1-2H3. The van der Waals surface area contributed by atoms with E-state index in [1.165, 1.54) is 30.6 Å². The number of rotatable bonds is 4. The number of hydrogen-bond acceptors (Lipinski definition) is 3. The van der Waals surface area contributed by atoms with Crippen molar-refractivity contribution in [1.82, 2.24) is 9.80 Å². The van der Waals surface area contributed by atoms with Crippen LogP contribution in [-0.2, 0) is 6.42 Å². The summed E-state index contributed by atoms with van der Waals surface area (Å²) >= 11 is 0. The zero-order chi connectivity index (χ0) is 13.7. The third kappa shape index (κ3) is 4.30. The van der Waals surface area contributed by atoms with E-state index >= 15 is 0 Å². The van der Waals surface area contributed by atoms with Gasteiger partial charge in [-0.05, 0) is 44.1 Å². The molecule has 0 aromatic heterocycles.